The molecule has 0 spiro atoms. The Morgan fingerprint density at radius 1 is 1.26 bits per heavy atom. The van der Waals surface area contributed by atoms with Crippen LogP contribution in [-0.4, -0.2) is 41.8 Å². The zero-order valence-electron chi connectivity index (χ0n) is 15.6. The van der Waals surface area contributed by atoms with E-state index < -0.39 is 21.5 Å². The van der Waals surface area contributed by atoms with Gasteiger partial charge >= 0.3 is 0 Å². The van der Waals surface area contributed by atoms with Crippen molar-refractivity contribution in [3.05, 3.63) is 42.6 Å². The van der Waals surface area contributed by atoms with E-state index >= 15 is 0 Å². The molecule has 1 unspecified atom stereocenters. The van der Waals surface area contributed by atoms with E-state index in [4.69, 9.17) is 5.11 Å². The molecule has 0 aliphatic heterocycles. The Labute approximate surface area is 159 Å². The molecular formula is C19H23FN4O2S. The largest absolute Gasteiger partial charge is 0.396 e. The molecular weight excluding hydrogens is 367 g/mol. The first-order valence-corrected chi connectivity index (χ1v) is 9.87. The van der Waals surface area contributed by atoms with Gasteiger partial charge in [0.05, 0.1) is 22.5 Å². The van der Waals surface area contributed by atoms with Crippen molar-refractivity contribution >= 4 is 22.1 Å². The van der Waals surface area contributed by atoms with Crippen molar-refractivity contribution in [2.45, 2.75) is 36.8 Å². The van der Waals surface area contributed by atoms with E-state index in [0.717, 1.165) is 0 Å². The number of hydrogen-bond donors (Lipinski definition) is 2. The lowest BCUT2D eigenvalue weighted by atomic mass is 10.1. The molecule has 0 saturated carbocycles. The van der Waals surface area contributed by atoms with Crippen LogP contribution in [0, 0.1) is 5.95 Å². The molecule has 0 radical (unpaired) electrons. The van der Waals surface area contributed by atoms with Gasteiger partial charge in [-0.2, -0.15) is 9.49 Å². The summed E-state index contributed by atoms with van der Waals surface area (Å²) in [6.45, 7) is 6.32. The average Bonchev–Trinajstić information content (AvgIpc) is 3.03. The third-order valence-corrected chi connectivity index (χ3v) is 5.84. The lowest BCUT2D eigenvalue weighted by Crippen LogP contribution is -2.21. The Morgan fingerprint density at radius 2 is 2.04 bits per heavy atom. The predicted molar refractivity (Wildman–Crippen MR) is 105 cm³/mol. The maximum atomic E-state index is 14.6. The minimum absolute atomic E-state index is 0.0637. The number of nitrogens with zero attached hydrogens (tertiary/aromatic N) is 3. The Bertz CT molecular complexity index is 981. The molecule has 3 heterocycles. The summed E-state index contributed by atoms with van der Waals surface area (Å²) < 4.78 is 28.5. The van der Waals surface area contributed by atoms with E-state index in [0.29, 0.717) is 40.3 Å². The molecule has 2 N–H and O–H groups in total. The summed E-state index contributed by atoms with van der Waals surface area (Å²) in [4.78, 5) is 4.62. The zero-order valence-corrected chi connectivity index (χ0v) is 16.4. The summed E-state index contributed by atoms with van der Waals surface area (Å²) in [5.41, 5.74) is 1.60. The minimum Gasteiger partial charge on any atom is -0.396 e. The second-order valence-electron chi connectivity index (χ2n) is 7.17. The number of hydrogen-bond acceptors (Lipinski definition) is 5. The highest BCUT2D eigenvalue weighted by Gasteiger charge is 2.22. The molecule has 3 rings (SSSR count). The smallest absolute Gasteiger partial charge is 0.222 e. The molecule has 0 aliphatic rings. The van der Waals surface area contributed by atoms with Crippen LogP contribution in [0.1, 0.15) is 27.2 Å². The second kappa shape index (κ2) is 7.74. The highest BCUT2D eigenvalue weighted by molar-refractivity contribution is 7.86. The molecule has 0 aromatic carbocycles. The third kappa shape index (κ3) is 4.17. The SMILES string of the molecule is CC(C)(C)S(=O)c1ccn2ncc(-c3ccc(NCCCO)nc3F)c2c1. The number of aliphatic hydroxyl groups is 1. The van der Waals surface area contributed by atoms with Gasteiger partial charge in [-0.1, -0.05) is 0 Å². The minimum atomic E-state index is -1.20. The quantitative estimate of drug-likeness (QED) is 0.499. The van der Waals surface area contributed by atoms with E-state index in [1.165, 1.54) is 0 Å². The van der Waals surface area contributed by atoms with Gasteiger partial charge in [-0.05, 0) is 51.5 Å². The predicted octanol–water partition coefficient (Wildman–Crippen LogP) is 3.24. The van der Waals surface area contributed by atoms with E-state index in [2.05, 4.69) is 15.4 Å². The fourth-order valence-corrected chi connectivity index (χ4v) is 3.78. The normalized spacial score (nSPS) is 13.1. The zero-order chi connectivity index (χ0) is 19.6. The van der Waals surface area contributed by atoms with Crippen LogP contribution < -0.4 is 5.32 Å². The van der Waals surface area contributed by atoms with Crippen LogP contribution in [0.4, 0.5) is 10.2 Å². The topological polar surface area (TPSA) is 79.5 Å². The van der Waals surface area contributed by atoms with Crippen molar-refractivity contribution in [2.24, 2.45) is 0 Å². The van der Waals surface area contributed by atoms with E-state index in [1.54, 1.807) is 41.2 Å². The molecule has 3 aromatic rings. The summed E-state index contributed by atoms with van der Waals surface area (Å²) in [5.74, 6) is -0.197. The third-order valence-electron chi connectivity index (χ3n) is 4.04. The Kier molecular flexibility index (Phi) is 5.57. The van der Waals surface area contributed by atoms with Gasteiger partial charge in [-0.25, -0.2) is 9.50 Å². The van der Waals surface area contributed by atoms with Gasteiger partial charge in [-0.3, -0.25) is 4.21 Å². The molecule has 0 bridgehead atoms. The van der Waals surface area contributed by atoms with Gasteiger partial charge < -0.3 is 10.4 Å². The lowest BCUT2D eigenvalue weighted by molar-refractivity contribution is 0.292. The molecule has 3 aromatic heterocycles. The highest BCUT2D eigenvalue weighted by atomic mass is 32.2. The summed E-state index contributed by atoms with van der Waals surface area (Å²) in [6, 6.07) is 6.90. The van der Waals surface area contributed by atoms with Crippen LogP contribution in [0.25, 0.3) is 16.6 Å². The average molecular weight is 390 g/mol. The monoisotopic (exact) mass is 390 g/mol. The van der Waals surface area contributed by atoms with Gasteiger partial charge in [0.15, 0.2) is 0 Å². The fraction of sp³-hybridized carbons (Fsp3) is 0.368. The van der Waals surface area contributed by atoms with Crippen LogP contribution in [0.2, 0.25) is 0 Å². The van der Waals surface area contributed by atoms with Crippen molar-refractivity contribution in [3.63, 3.8) is 0 Å². The fourth-order valence-electron chi connectivity index (χ4n) is 2.67. The van der Waals surface area contributed by atoms with Crippen molar-refractivity contribution in [1.29, 1.82) is 0 Å². The molecule has 0 amide bonds. The van der Waals surface area contributed by atoms with Crippen molar-refractivity contribution < 1.29 is 13.7 Å². The van der Waals surface area contributed by atoms with Gasteiger partial charge in [0.2, 0.25) is 5.95 Å². The maximum Gasteiger partial charge on any atom is 0.222 e. The van der Waals surface area contributed by atoms with Crippen LogP contribution in [0.3, 0.4) is 0 Å². The molecule has 0 saturated heterocycles. The molecule has 1 atom stereocenters. The molecule has 6 nitrogen and oxygen atoms in total. The Hall–Kier alpha value is -2.32. The molecule has 144 valence electrons. The Morgan fingerprint density at radius 3 is 2.70 bits per heavy atom. The molecule has 27 heavy (non-hydrogen) atoms. The number of halogens is 1. The summed E-state index contributed by atoms with van der Waals surface area (Å²) in [7, 11) is -1.20. The first-order chi connectivity index (χ1) is 12.8. The first kappa shape index (κ1) is 19.4. The highest BCUT2D eigenvalue weighted by Crippen LogP contribution is 2.29. The van der Waals surface area contributed by atoms with Crippen molar-refractivity contribution in [3.8, 4) is 11.1 Å². The number of fused-ring (bicyclic) bond motifs is 1. The van der Waals surface area contributed by atoms with E-state index in [-0.39, 0.29) is 6.61 Å². The standard InChI is InChI=1S/C19H23FN4O2S/c1-19(2,3)27(26)13-7-9-24-16(11-13)15(12-22-24)14-5-6-17(23-18(14)20)21-8-4-10-25/h5-7,9,11-12,25H,4,8,10H2,1-3H3,(H,21,23). The number of anilines is 1. The summed E-state index contributed by atoms with van der Waals surface area (Å²) >= 11 is 0. The summed E-state index contributed by atoms with van der Waals surface area (Å²) in [5, 5.41) is 16.0. The number of pyridine rings is 2. The van der Waals surface area contributed by atoms with E-state index in [1.807, 2.05) is 20.8 Å². The summed E-state index contributed by atoms with van der Waals surface area (Å²) in [6.07, 6.45) is 3.87. The number of rotatable bonds is 6. The van der Waals surface area contributed by atoms with Crippen molar-refractivity contribution in [2.75, 3.05) is 18.5 Å². The molecule has 0 aliphatic carbocycles. The van der Waals surface area contributed by atoms with Crippen LogP contribution in [-0.2, 0) is 10.8 Å². The van der Waals surface area contributed by atoms with Gasteiger partial charge in [0.25, 0.3) is 0 Å². The molecule has 0 fully saturated rings. The van der Waals surface area contributed by atoms with Gasteiger partial charge in [-0.15, -0.1) is 0 Å². The van der Waals surface area contributed by atoms with Gasteiger partial charge in [0, 0.05) is 40.1 Å². The number of aliphatic hydroxyl groups excluding tert-OH is 1. The van der Waals surface area contributed by atoms with Crippen LogP contribution in [0.5, 0.6) is 0 Å². The lowest BCUT2D eigenvalue weighted by Gasteiger charge is -2.17. The number of aromatic nitrogens is 3. The number of nitrogens with one attached hydrogen (secondary N) is 1. The Balaban J connectivity index is 1.98. The maximum absolute atomic E-state index is 14.6. The van der Waals surface area contributed by atoms with Crippen LogP contribution in [0.15, 0.2) is 41.6 Å². The second-order valence-corrected chi connectivity index (χ2v) is 9.40. The molecule has 8 heteroatoms. The van der Waals surface area contributed by atoms with Gasteiger partial charge in [0.1, 0.15) is 5.82 Å². The van der Waals surface area contributed by atoms with E-state index in [9.17, 15) is 8.60 Å². The van der Waals surface area contributed by atoms with Crippen LogP contribution >= 0.6 is 0 Å². The first-order valence-electron chi connectivity index (χ1n) is 8.72. The van der Waals surface area contributed by atoms with Crippen molar-refractivity contribution in [1.82, 2.24) is 14.6 Å².